The Kier molecular flexibility index (Phi) is 4.78. The zero-order valence-electron chi connectivity index (χ0n) is 9.94. The summed E-state index contributed by atoms with van der Waals surface area (Å²) in [5.41, 5.74) is 12.6. The molecule has 0 aromatic heterocycles. The number of nitrogen functional groups attached to an aromatic ring is 2. The summed E-state index contributed by atoms with van der Waals surface area (Å²) >= 11 is 0. The maximum Gasteiger partial charge on any atom is 0.251 e. The number of nitrogens with one attached hydrogen (secondary N) is 1. The number of hydrogen-bond donors (Lipinski definition) is 4. The van der Waals surface area contributed by atoms with Gasteiger partial charge in [0.15, 0.2) is 0 Å². The molecule has 1 amide bonds. The lowest BCUT2D eigenvalue weighted by Crippen LogP contribution is -2.35. The summed E-state index contributed by atoms with van der Waals surface area (Å²) in [5, 5.41) is 11.7. The lowest BCUT2D eigenvalue weighted by Gasteiger charge is -2.16. The number of rotatable bonds is 5. The molecular formula is C12H19N3O2. The number of nitrogens with two attached hydrogens (primary N) is 2. The van der Waals surface area contributed by atoms with E-state index in [-0.39, 0.29) is 18.6 Å². The average Bonchev–Trinajstić information content (AvgIpc) is 2.27. The summed E-state index contributed by atoms with van der Waals surface area (Å²) in [6.45, 7) is 2.01. The SMILES string of the molecule is CCC(CCO)NC(=O)c1cc(N)cc(N)c1. The summed E-state index contributed by atoms with van der Waals surface area (Å²) < 4.78 is 0. The summed E-state index contributed by atoms with van der Waals surface area (Å²) in [6.07, 6.45) is 1.31. The molecule has 17 heavy (non-hydrogen) atoms. The highest BCUT2D eigenvalue weighted by molar-refractivity contribution is 5.96. The minimum atomic E-state index is -0.218. The monoisotopic (exact) mass is 237 g/mol. The van der Waals surface area contributed by atoms with Gasteiger partial charge in [-0.15, -0.1) is 0 Å². The molecular weight excluding hydrogens is 218 g/mol. The topological polar surface area (TPSA) is 101 Å². The Bertz CT molecular complexity index is 373. The Labute approximate surface area is 101 Å². The molecule has 1 aromatic carbocycles. The lowest BCUT2D eigenvalue weighted by atomic mass is 10.1. The Morgan fingerprint density at radius 3 is 2.41 bits per heavy atom. The van der Waals surface area contributed by atoms with E-state index in [1.54, 1.807) is 18.2 Å². The summed E-state index contributed by atoms with van der Waals surface area (Å²) in [5.74, 6) is -0.218. The second-order valence-electron chi connectivity index (χ2n) is 3.98. The van der Waals surface area contributed by atoms with E-state index < -0.39 is 0 Å². The number of amides is 1. The molecule has 5 nitrogen and oxygen atoms in total. The molecule has 94 valence electrons. The Balaban J connectivity index is 2.75. The molecule has 1 unspecified atom stereocenters. The first-order chi connectivity index (χ1) is 8.06. The number of anilines is 2. The minimum absolute atomic E-state index is 0.0323. The van der Waals surface area contributed by atoms with Crippen LogP contribution in [0.4, 0.5) is 11.4 Å². The first-order valence-electron chi connectivity index (χ1n) is 5.64. The molecule has 1 atom stereocenters. The number of hydrogen-bond acceptors (Lipinski definition) is 4. The van der Waals surface area contributed by atoms with Gasteiger partial charge in [0.1, 0.15) is 0 Å². The van der Waals surface area contributed by atoms with Crippen LogP contribution in [0.5, 0.6) is 0 Å². The first kappa shape index (κ1) is 13.3. The maximum absolute atomic E-state index is 11.9. The molecule has 0 fully saturated rings. The molecule has 0 saturated carbocycles. The minimum Gasteiger partial charge on any atom is -0.399 e. The van der Waals surface area contributed by atoms with Crippen molar-refractivity contribution in [1.82, 2.24) is 5.32 Å². The van der Waals surface area contributed by atoms with Crippen molar-refractivity contribution in [2.24, 2.45) is 0 Å². The van der Waals surface area contributed by atoms with E-state index in [4.69, 9.17) is 16.6 Å². The van der Waals surface area contributed by atoms with Gasteiger partial charge in [-0.05, 0) is 31.0 Å². The molecule has 0 bridgehead atoms. The van der Waals surface area contributed by atoms with Gasteiger partial charge in [-0.25, -0.2) is 0 Å². The Morgan fingerprint density at radius 2 is 1.94 bits per heavy atom. The van der Waals surface area contributed by atoms with Crippen molar-refractivity contribution in [3.8, 4) is 0 Å². The van der Waals surface area contributed by atoms with Gasteiger partial charge in [0, 0.05) is 29.6 Å². The van der Waals surface area contributed by atoms with Crippen LogP contribution in [0.15, 0.2) is 18.2 Å². The van der Waals surface area contributed by atoms with Gasteiger partial charge < -0.3 is 21.9 Å². The smallest absolute Gasteiger partial charge is 0.251 e. The van der Waals surface area contributed by atoms with Crippen LogP contribution >= 0.6 is 0 Å². The van der Waals surface area contributed by atoms with Gasteiger partial charge >= 0.3 is 0 Å². The van der Waals surface area contributed by atoms with E-state index in [1.807, 2.05) is 6.92 Å². The second kappa shape index (κ2) is 6.10. The molecule has 0 aliphatic rings. The van der Waals surface area contributed by atoms with Crippen LogP contribution in [-0.2, 0) is 0 Å². The van der Waals surface area contributed by atoms with Gasteiger partial charge in [0.05, 0.1) is 0 Å². The van der Waals surface area contributed by atoms with E-state index in [0.29, 0.717) is 23.4 Å². The number of carbonyl (C=O) groups excluding carboxylic acids is 1. The van der Waals surface area contributed by atoms with Gasteiger partial charge in [-0.2, -0.15) is 0 Å². The van der Waals surface area contributed by atoms with Crippen molar-refractivity contribution in [2.75, 3.05) is 18.1 Å². The van der Waals surface area contributed by atoms with Crippen molar-refractivity contribution in [2.45, 2.75) is 25.8 Å². The van der Waals surface area contributed by atoms with E-state index in [2.05, 4.69) is 5.32 Å². The molecule has 0 saturated heterocycles. The van der Waals surface area contributed by atoms with E-state index in [1.165, 1.54) is 0 Å². The first-order valence-corrected chi connectivity index (χ1v) is 5.64. The molecule has 1 rings (SSSR count). The predicted octanol–water partition coefficient (Wildman–Crippen LogP) is 0.742. The van der Waals surface area contributed by atoms with Crippen molar-refractivity contribution in [1.29, 1.82) is 0 Å². The molecule has 0 heterocycles. The van der Waals surface area contributed by atoms with E-state index in [0.717, 1.165) is 6.42 Å². The lowest BCUT2D eigenvalue weighted by molar-refractivity contribution is 0.0929. The molecule has 0 aliphatic carbocycles. The van der Waals surface area contributed by atoms with Crippen LogP contribution in [-0.4, -0.2) is 23.7 Å². The quantitative estimate of drug-likeness (QED) is 0.567. The normalized spacial score (nSPS) is 12.1. The van der Waals surface area contributed by atoms with Crippen LogP contribution in [0, 0.1) is 0 Å². The van der Waals surface area contributed by atoms with Crippen molar-refractivity contribution < 1.29 is 9.90 Å². The van der Waals surface area contributed by atoms with Crippen LogP contribution in [0.2, 0.25) is 0 Å². The standard InChI is InChI=1S/C12H19N3O2/c1-2-11(3-4-16)15-12(17)8-5-9(13)7-10(14)6-8/h5-7,11,16H,2-4,13-14H2,1H3,(H,15,17). The highest BCUT2D eigenvalue weighted by Gasteiger charge is 2.12. The number of carbonyl (C=O) groups is 1. The summed E-state index contributed by atoms with van der Waals surface area (Å²) in [7, 11) is 0. The number of aliphatic hydroxyl groups is 1. The third-order valence-electron chi connectivity index (χ3n) is 2.55. The molecule has 0 aliphatic heterocycles. The predicted molar refractivity (Wildman–Crippen MR) is 68.5 cm³/mol. The van der Waals surface area contributed by atoms with Gasteiger partial charge in [0.25, 0.3) is 5.91 Å². The number of aliphatic hydroxyl groups excluding tert-OH is 1. The van der Waals surface area contributed by atoms with Gasteiger partial charge in [0.2, 0.25) is 0 Å². The molecule has 6 N–H and O–H groups in total. The average molecular weight is 237 g/mol. The third kappa shape index (κ3) is 3.96. The van der Waals surface area contributed by atoms with Crippen LogP contribution < -0.4 is 16.8 Å². The Hall–Kier alpha value is -1.75. The fourth-order valence-electron chi connectivity index (χ4n) is 1.61. The fraction of sp³-hybridized carbons (Fsp3) is 0.417. The Morgan fingerprint density at radius 1 is 1.35 bits per heavy atom. The van der Waals surface area contributed by atoms with Crippen LogP contribution in [0.3, 0.4) is 0 Å². The highest BCUT2D eigenvalue weighted by Crippen LogP contribution is 2.14. The zero-order chi connectivity index (χ0) is 12.8. The molecule has 1 aromatic rings. The van der Waals surface area contributed by atoms with Gasteiger partial charge in [-0.1, -0.05) is 6.92 Å². The highest BCUT2D eigenvalue weighted by atomic mass is 16.3. The summed E-state index contributed by atoms with van der Waals surface area (Å²) in [4.78, 5) is 11.9. The molecule has 5 heteroatoms. The van der Waals surface area contributed by atoms with E-state index >= 15 is 0 Å². The zero-order valence-corrected chi connectivity index (χ0v) is 9.94. The largest absolute Gasteiger partial charge is 0.399 e. The van der Waals surface area contributed by atoms with Crippen molar-refractivity contribution >= 4 is 17.3 Å². The number of benzene rings is 1. The van der Waals surface area contributed by atoms with E-state index in [9.17, 15) is 4.79 Å². The molecule has 0 spiro atoms. The fourth-order valence-corrected chi connectivity index (χ4v) is 1.61. The third-order valence-corrected chi connectivity index (χ3v) is 2.55. The van der Waals surface area contributed by atoms with Gasteiger partial charge in [-0.3, -0.25) is 4.79 Å². The van der Waals surface area contributed by atoms with Crippen LogP contribution in [0.25, 0.3) is 0 Å². The maximum atomic E-state index is 11.9. The summed E-state index contributed by atoms with van der Waals surface area (Å²) in [6, 6.07) is 4.73. The van der Waals surface area contributed by atoms with Crippen LogP contribution in [0.1, 0.15) is 30.1 Å². The van der Waals surface area contributed by atoms with Crippen molar-refractivity contribution in [3.05, 3.63) is 23.8 Å². The molecule has 0 radical (unpaired) electrons. The van der Waals surface area contributed by atoms with Crippen molar-refractivity contribution in [3.63, 3.8) is 0 Å². The second-order valence-corrected chi connectivity index (χ2v) is 3.98.